The topological polar surface area (TPSA) is 36.7 Å². The van der Waals surface area contributed by atoms with Crippen molar-refractivity contribution in [3.63, 3.8) is 0 Å². The first kappa shape index (κ1) is 38.5. The Hall–Kier alpha value is -3.70. The van der Waals surface area contributed by atoms with Crippen LogP contribution in [-0.2, 0) is 6.42 Å². The lowest BCUT2D eigenvalue weighted by Crippen LogP contribution is -1.96. The highest BCUT2D eigenvalue weighted by molar-refractivity contribution is 5.94. The molecule has 2 heteroatoms. The summed E-state index contributed by atoms with van der Waals surface area (Å²) in [7, 11) is 0. The van der Waals surface area contributed by atoms with Crippen LogP contribution < -0.4 is 0 Å². The van der Waals surface area contributed by atoms with Crippen molar-refractivity contribution in [2.24, 2.45) is 11.8 Å². The lowest BCUT2D eigenvalue weighted by atomic mass is 9.97. The molecule has 0 aliphatic rings. The van der Waals surface area contributed by atoms with Crippen LogP contribution in [0.3, 0.4) is 0 Å². The van der Waals surface area contributed by atoms with Gasteiger partial charge in [0.2, 0.25) is 0 Å². The molecule has 4 aromatic rings. The maximum Gasteiger partial charge on any atom is 0.0991 e. The number of unbranched alkanes of at least 4 members (excludes halogenated alkanes) is 5. The van der Waals surface area contributed by atoms with Gasteiger partial charge in [0.1, 0.15) is 0 Å². The molecule has 0 radical (unpaired) electrons. The van der Waals surface area contributed by atoms with E-state index >= 15 is 0 Å². The molecule has 46 heavy (non-hydrogen) atoms. The molecule has 2 nitrogen and oxygen atoms in total. The summed E-state index contributed by atoms with van der Waals surface area (Å²) in [6.07, 6.45) is 15.4. The molecular weight excluding hydrogens is 556 g/mol. The van der Waals surface area contributed by atoms with Crippen LogP contribution in [0.15, 0.2) is 85.4 Å². The van der Waals surface area contributed by atoms with E-state index in [1.165, 1.54) is 76.2 Å². The van der Waals surface area contributed by atoms with E-state index in [4.69, 9.17) is 5.26 Å². The van der Waals surface area contributed by atoms with Gasteiger partial charge >= 0.3 is 0 Å². The lowest BCUT2D eigenvalue weighted by Gasteiger charge is -2.10. The molecule has 0 fully saturated rings. The normalized spacial score (nSPS) is 11.8. The molecule has 1 aromatic heterocycles. The van der Waals surface area contributed by atoms with Gasteiger partial charge in [-0.3, -0.25) is 4.98 Å². The summed E-state index contributed by atoms with van der Waals surface area (Å²) in [4.78, 5) is 4.60. The molecule has 0 saturated heterocycles. The van der Waals surface area contributed by atoms with Gasteiger partial charge in [0.15, 0.2) is 0 Å². The third-order valence-electron chi connectivity index (χ3n) is 8.72. The highest BCUT2D eigenvalue weighted by Crippen LogP contribution is 2.29. The van der Waals surface area contributed by atoms with Crippen LogP contribution in [-0.4, -0.2) is 4.98 Å². The standard InChI is InChI=1S/C20H16N2.C13H28.C11H16/c1-13(2)18-10-14(3)22-20-9-8-17(11-19(18)20)16-6-4-15(12-21)5-7-16;1-4-6-8-9-10-12-13(3)11-7-5-2;1-3-10(2)9-11-7-5-4-6-8-11/h4-11H,1H2,2-3H3;13H,4-12H2,1-3H3;4-8,10H,3,9H2,1-2H3/t;13-;/m.0./s1. The van der Waals surface area contributed by atoms with E-state index in [9.17, 15) is 0 Å². The molecule has 1 heterocycles. The summed E-state index contributed by atoms with van der Waals surface area (Å²) < 4.78 is 0. The van der Waals surface area contributed by atoms with Crippen molar-refractivity contribution in [1.29, 1.82) is 5.26 Å². The monoisotopic (exact) mass is 616 g/mol. The molecule has 1 unspecified atom stereocenters. The summed E-state index contributed by atoms with van der Waals surface area (Å²) in [5, 5.41) is 10.0. The number of hydrogen-bond acceptors (Lipinski definition) is 2. The van der Waals surface area contributed by atoms with E-state index in [0.717, 1.165) is 50.7 Å². The average molecular weight is 617 g/mol. The highest BCUT2D eigenvalue weighted by Gasteiger charge is 2.07. The van der Waals surface area contributed by atoms with Gasteiger partial charge in [0, 0.05) is 11.1 Å². The second-order valence-electron chi connectivity index (χ2n) is 13.2. The molecule has 0 amide bonds. The van der Waals surface area contributed by atoms with Crippen LogP contribution in [0.2, 0.25) is 0 Å². The second kappa shape index (κ2) is 21.9. The van der Waals surface area contributed by atoms with Gasteiger partial charge in [-0.25, -0.2) is 0 Å². The van der Waals surface area contributed by atoms with Gasteiger partial charge in [0.05, 0.1) is 17.1 Å². The minimum Gasteiger partial charge on any atom is -0.253 e. The van der Waals surface area contributed by atoms with Crippen LogP contribution in [0.4, 0.5) is 0 Å². The lowest BCUT2D eigenvalue weighted by molar-refractivity contribution is 0.443. The van der Waals surface area contributed by atoms with E-state index in [2.05, 4.69) is 101 Å². The first-order valence-electron chi connectivity index (χ1n) is 17.8. The first-order valence-corrected chi connectivity index (χ1v) is 17.8. The van der Waals surface area contributed by atoms with Crippen molar-refractivity contribution in [2.75, 3.05) is 0 Å². The smallest absolute Gasteiger partial charge is 0.0991 e. The molecule has 0 saturated carbocycles. The molecule has 0 bridgehead atoms. The fourth-order valence-corrected chi connectivity index (χ4v) is 5.58. The highest BCUT2D eigenvalue weighted by atomic mass is 14.7. The number of aromatic nitrogens is 1. The number of fused-ring (bicyclic) bond motifs is 1. The fourth-order valence-electron chi connectivity index (χ4n) is 5.58. The molecule has 0 N–H and O–H groups in total. The van der Waals surface area contributed by atoms with Crippen molar-refractivity contribution >= 4 is 16.5 Å². The number of rotatable bonds is 14. The van der Waals surface area contributed by atoms with Gasteiger partial charge in [-0.05, 0) is 84.7 Å². The zero-order chi connectivity index (χ0) is 33.7. The Labute approximate surface area is 282 Å². The maximum absolute atomic E-state index is 8.90. The third kappa shape index (κ3) is 14.2. The minimum absolute atomic E-state index is 0.671. The zero-order valence-electron chi connectivity index (χ0n) is 30.0. The number of allylic oxidation sites excluding steroid dienone is 1. The summed E-state index contributed by atoms with van der Waals surface area (Å²) >= 11 is 0. The Morgan fingerprint density at radius 1 is 0.761 bits per heavy atom. The SMILES string of the molecule is C=C(C)c1cc(C)nc2ccc(-c3ccc(C#N)cc3)cc12.CCC(C)Cc1ccccc1.CCCCCCC[C@@H](C)CCCC. The summed E-state index contributed by atoms with van der Waals surface area (Å²) in [5.41, 5.74) is 8.49. The quantitative estimate of drug-likeness (QED) is 0.132. The van der Waals surface area contributed by atoms with Crippen molar-refractivity contribution < 1.29 is 0 Å². The Morgan fingerprint density at radius 3 is 2.00 bits per heavy atom. The predicted molar refractivity (Wildman–Crippen MR) is 203 cm³/mol. The van der Waals surface area contributed by atoms with Gasteiger partial charge in [-0.2, -0.15) is 5.26 Å². The van der Waals surface area contributed by atoms with E-state index in [1.807, 2.05) is 44.2 Å². The Bertz CT molecular complexity index is 1460. The Balaban J connectivity index is 0.000000263. The third-order valence-corrected chi connectivity index (χ3v) is 8.72. The average Bonchev–Trinajstić information content (AvgIpc) is 3.07. The summed E-state index contributed by atoms with van der Waals surface area (Å²) in [6.45, 7) is 19.6. The number of benzene rings is 3. The first-order chi connectivity index (χ1) is 22.2. The largest absolute Gasteiger partial charge is 0.253 e. The van der Waals surface area contributed by atoms with Crippen LogP contribution in [0, 0.1) is 30.1 Å². The van der Waals surface area contributed by atoms with E-state index in [-0.39, 0.29) is 0 Å². The predicted octanol–water partition coefficient (Wildman–Crippen LogP) is 13.6. The Morgan fingerprint density at radius 2 is 1.39 bits per heavy atom. The molecule has 0 aliphatic carbocycles. The number of nitrogens with zero attached hydrogens (tertiary/aromatic N) is 2. The number of nitriles is 1. The molecule has 3 aromatic carbocycles. The van der Waals surface area contributed by atoms with Crippen LogP contribution in [0.5, 0.6) is 0 Å². The van der Waals surface area contributed by atoms with Crippen molar-refractivity contribution in [3.05, 3.63) is 108 Å². The van der Waals surface area contributed by atoms with E-state index in [0.29, 0.717) is 5.56 Å². The zero-order valence-corrected chi connectivity index (χ0v) is 30.0. The van der Waals surface area contributed by atoms with Crippen LogP contribution >= 0.6 is 0 Å². The molecular formula is C44H60N2. The summed E-state index contributed by atoms with van der Waals surface area (Å²) in [6, 6.07) is 28.8. The van der Waals surface area contributed by atoms with E-state index < -0.39 is 0 Å². The number of aryl methyl sites for hydroxylation is 1. The van der Waals surface area contributed by atoms with Crippen LogP contribution in [0.25, 0.3) is 27.6 Å². The minimum atomic E-state index is 0.671. The van der Waals surface area contributed by atoms with Crippen molar-refractivity contribution in [1.82, 2.24) is 4.98 Å². The number of hydrogen-bond donors (Lipinski definition) is 0. The second-order valence-corrected chi connectivity index (χ2v) is 13.2. The molecule has 0 aliphatic heterocycles. The van der Waals surface area contributed by atoms with Gasteiger partial charge in [-0.1, -0.05) is 160 Å². The molecule has 2 atom stereocenters. The van der Waals surface area contributed by atoms with Crippen molar-refractivity contribution in [3.8, 4) is 17.2 Å². The fraction of sp³-hybridized carbons (Fsp3) is 0.455. The van der Waals surface area contributed by atoms with Crippen LogP contribution in [0.1, 0.15) is 128 Å². The molecule has 0 spiro atoms. The summed E-state index contributed by atoms with van der Waals surface area (Å²) in [5.74, 6) is 1.79. The molecule has 4 rings (SSSR count). The Kier molecular flexibility index (Phi) is 18.3. The molecule has 246 valence electrons. The van der Waals surface area contributed by atoms with Gasteiger partial charge in [-0.15, -0.1) is 0 Å². The van der Waals surface area contributed by atoms with Gasteiger partial charge in [0.25, 0.3) is 0 Å². The number of pyridine rings is 1. The van der Waals surface area contributed by atoms with E-state index in [1.54, 1.807) is 0 Å². The van der Waals surface area contributed by atoms with Gasteiger partial charge < -0.3 is 0 Å². The maximum atomic E-state index is 8.90. The van der Waals surface area contributed by atoms with Crippen molar-refractivity contribution in [2.45, 2.75) is 119 Å².